The molecule has 1 fully saturated rings. The van der Waals surface area contributed by atoms with Crippen LogP contribution < -0.4 is 15.0 Å². The van der Waals surface area contributed by atoms with E-state index in [0.29, 0.717) is 19.4 Å². The second-order valence-electron chi connectivity index (χ2n) is 6.22. The SMILES string of the molecule is CCOc1ccc(NC(=O)CCc2ccnc(N3CCCC3)c2)cc1. The highest BCUT2D eigenvalue weighted by Gasteiger charge is 2.13. The number of ether oxygens (including phenoxy) is 1. The van der Waals surface area contributed by atoms with E-state index in [9.17, 15) is 4.79 Å². The zero-order chi connectivity index (χ0) is 17.5. The molecule has 3 rings (SSSR count). The van der Waals surface area contributed by atoms with E-state index in [4.69, 9.17) is 4.74 Å². The van der Waals surface area contributed by atoms with E-state index >= 15 is 0 Å². The fraction of sp³-hybridized carbons (Fsp3) is 0.400. The van der Waals surface area contributed by atoms with E-state index in [2.05, 4.69) is 21.3 Å². The Kier molecular flexibility index (Phi) is 5.88. The lowest BCUT2D eigenvalue weighted by Crippen LogP contribution is -2.19. The Balaban J connectivity index is 1.51. The summed E-state index contributed by atoms with van der Waals surface area (Å²) in [6.07, 6.45) is 5.48. The highest BCUT2D eigenvalue weighted by atomic mass is 16.5. The van der Waals surface area contributed by atoms with Gasteiger partial charge < -0.3 is 15.0 Å². The normalized spacial score (nSPS) is 13.7. The number of benzene rings is 1. The van der Waals surface area contributed by atoms with Crippen molar-refractivity contribution in [1.82, 2.24) is 4.98 Å². The Labute approximate surface area is 149 Å². The maximum absolute atomic E-state index is 12.2. The van der Waals surface area contributed by atoms with Crippen LogP contribution in [0, 0.1) is 0 Å². The van der Waals surface area contributed by atoms with Gasteiger partial charge in [-0.05, 0) is 68.1 Å². The number of rotatable bonds is 7. The van der Waals surface area contributed by atoms with E-state index in [0.717, 1.165) is 35.9 Å². The number of carbonyl (C=O) groups excluding carboxylic acids is 1. The third kappa shape index (κ3) is 4.95. The third-order valence-electron chi connectivity index (χ3n) is 4.33. The highest BCUT2D eigenvalue weighted by Crippen LogP contribution is 2.19. The summed E-state index contributed by atoms with van der Waals surface area (Å²) in [6.45, 7) is 4.74. The lowest BCUT2D eigenvalue weighted by Gasteiger charge is -2.16. The largest absolute Gasteiger partial charge is 0.494 e. The van der Waals surface area contributed by atoms with E-state index in [1.807, 2.05) is 43.5 Å². The molecule has 0 saturated carbocycles. The summed E-state index contributed by atoms with van der Waals surface area (Å²) in [5.41, 5.74) is 1.94. The molecule has 2 heterocycles. The molecule has 2 aromatic rings. The zero-order valence-electron chi connectivity index (χ0n) is 14.7. The maximum Gasteiger partial charge on any atom is 0.224 e. The van der Waals surface area contributed by atoms with E-state index < -0.39 is 0 Å². The molecule has 132 valence electrons. The first-order valence-electron chi connectivity index (χ1n) is 8.97. The van der Waals surface area contributed by atoms with Gasteiger partial charge in [-0.3, -0.25) is 4.79 Å². The summed E-state index contributed by atoms with van der Waals surface area (Å²) < 4.78 is 5.40. The molecule has 0 aliphatic carbocycles. The van der Waals surface area contributed by atoms with Crippen molar-refractivity contribution in [2.24, 2.45) is 0 Å². The first-order valence-corrected chi connectivity index (χ1v) is 8.97. The molecule has 1 aromatic carbocycles. The number of pyridine rings is 1. The number of aromatic nitrogens is 1. The highest BCUT2D eigenvalue weighted by molar-refractivity contribution is 5.90. The molecule has 1 N–H and O–H groups in total. The number of hydrogen-bond acceptors (Lipinski definition) is 4. The topological polar surface area (TPSA) is 54.5 Å². The average Bonchev–Trinajstić information content (AvgIpc) is 3.17. The number of nitrogens with one attached hydrogen (secondary N) is 1. The Morgan fingerprint density at radius 3 is 2.68 bits per heavy atom. The van der Waals surface area contributed by atoms with E-state index in [-0.39, 0.29) is 5.91 Å². The van der Waals surface area contributed by atoms with Crippen molar-refractivity contribution >= 4 is 17.4 Å². The molecule has 1 aliphatic rings. The van der Waals surface area contributed by atoms with Gasteiger partial charge in [0.25, 0.3) is 0 Å². The van der Waals surface area contributed by atoms with Crippen LogP contribution in [-0.2, 0) is 11.2 Å². The molecule has 1 aromatic heterocycles. The molecular formula is C20H25N3O2. The number of anilines is 2. The van der Waals surface area contributed by atoms with Gasteiger partial charge in [0.05, 0.1) is 6.61 Å². The quantitative estimate of drug-likeness (QED) is 0.836. The van der Waals surface area contributed by atoms with Gasteiger partial charge in [0.1, 0.15) is 11.6 Å². The van der Waals surface area contributed by atoms with Crippen LogP contribution >= 0.6 is 0 Å². The van der Waals surface area contributed by atoms with Gasteiger partial charge in [0, 0.05) is 31.4 Å². The van der Waals surface area contributed by atoms with Crippen molar-refractivity contribution in [2.75, 3.05) is 29.9 Å². The maximum atomic E-state index is 12.2. The lowest BCUT2D eigenvalue weighted by atomic mass is 10.1. The van der Waals surface area contributed by atoms with Gasteiger partial charge in [-0.25, -0.2) is 4.98 Å². The fourth-order valence-corrected chi connectivity index (χ4v) is 3.02. The molecule has 0 spiro atoms. The standard InChI is InChI=1S/C20H25N3O2/c1-2-25-18-8-6-17(7-9-18)22-20(24)10-5-16-11-12-21-19(15-16)23-13-3-4-14-23/h6-9,11-12,15H,2-5,10,13-14H2,1H3,(H,22,24). The van der Waals surface area contributed by atoms with Crippen molar-refractivity contribution < 1.29 is 9.53 Å². The molecule has 5 heteroatoms. The molecule has 5 nitrogen and oxygen atoms in total. The molecule has 1 saturated heterocycles. The second-order valence-corrected chi connectivity index (χ2v) is 6.22. The van der Waals surface area contributed by atoms with Gasteiger partial charge in [0.15, 0.2) is 0 Å². The minimum atomic E-state index is 0.0173. The van der Waals surface area contributed by atoms with Crippen molar-refractivity contribution in [2.45, 2.75) is 32.6 Å². The lowest BCUT2D eigenvalue weighted by molar-refractivity contribution is -0.116. The van der Waals surface area contributed by atoms with Crippen molar-refractivity contribution in [3.05, 3.63) is 48.2 Å². The van der Waals surface area contributed by atoms with Gasteiger partial charge >= 0.3 is 0 Å². The van der Waals surface area contributed by atoms with Crippen LogP contribution in [-0.4, -0.2) is 30.6 Å². The first-order chi connectivity index (χ1) is 12.2. The van der Waals surface area contributed by atoms with Crippen LogP contribution in [0.15, 0.2) is 42.6 Å². The van der Waals surface area contributed by atoms with Crippen molar-refractivity contribution in [3.63, 3.8) is 0 Å². The van der Waals surface area contributed by atoms with Crippen LogP contribution in [0.2, 0.25) is 0 Å². The number of amides is 1. The van der Waals surface area contributed by atoms with Crippen molar-refractivity contribution in [3.8, 4) is 5.75 Å². The minimum absolute atomic E-state index is 0.0173. The Morgan fingerprint density at radius 1 is 1.20 bits per heavy atom. The van der Waals surface area contributed by atoms with Crippen LogP contribution in [0.25, 0.3) is 0 Å². The van der Waals surface area contributed by atoms with Crippen LogP contribution in [0.3, 0.4) is 0 Å². The fourth-order valence-electron chi connectivity index (χ4n) is 3.02. The zero-order valence-corrected chi connectivity index (χ0v) is 14.7. The molecule has 0 unspecified atom stereocenters. The molecule has 0 radical (unpaired) electrons. The smallest absolute Gasteiger partial charge is 0.224 e. The van der Waals surface area contributed by atoms with Crippen molar-refractivity contribution in [1.29, 1.82) is 0 Å². The minimum Gasteiger partial charge on any atom is -0.494 e. The van der Waals surface area contributed by atoms with Crippen LogP contribution in [0.1, 0.15) is 31.7 Å². The molecule has 25 heavy (non-hydrogen) atoms. The monoisotopic (exact) mass is 339 g/mol. The van der Waals surface area contributed by atoms with Gasteiger partial charge in [-0.1, -0.05) is 0 Å². The summed E-state index contributed by atoms with van der Waals surface area (Å²) in [6, 6.07) is 11.6. The van der Waals surface area contributed by atoms with Gasteiger partial charge in [-0.15, -0.1) is 0 Å². The summed E-state index contributed by atoms with van der Waals surface area (Å²) in [4.78, 5) is 18.9. The average molecular weight is 339 g/mol. The van der Waals surface area contributed by atoms with E-state index in [1.165, 1.54) is 12.8 Å². The second kappa shape index (κ2) is 8.51. The molecular weight excluding hydrogens is 314 g/mol. The van der Waals surface area contributed by atoms with E-state index in [1.54, 1.807) is 0 Å². The third-order valence-corrected chi connectivity index (χ3v) is 4.33. The summed E-state index contributed by atoms with van der Waals surface area (Å²) >= 11 is 0. The van der Waals surface area contributed by atoms with Gasteiger partial charge in [0.2, 0.25) is 5.91 Å². The van der Waals surface area contributed by atoms with Gasteiger partial charge in [-0.2, -0.15) is 0 Å². The Bertz CT molecular complexity index is 694. The molecule has 0 bridgehead atoms. The summed E-state index contributed by atoms with van der Waals surface area (Å²) in [5.74, 6) is 1.86. The molecule has 1 aliphatic heterocycles. The number of carbonyl (C=O) groups is 1. The Morgan fingerprint density at radius 2 is 1.96 bits per heavy atom. The molecule has 1 amide bonds. The predicted molar refractivity (Wildman–Crippen MR) is 100 cm³/mol. The Hall–Kier alpha value is -2.56. The summed E-state index contributed by atoms with van der Waals surface area (Å²) in [7, 11) is 0. The number of nitrogens with zero attached hydrogens (tertiary/aromatic N) is 2. The predicted octanol–water partition coefficient (Wildman–Crippen LogP) is 3.65. The van der Waals surface area contributed by atoms with Crippen LogP contribution in [0.5, 0.6) is 5.75 Å². The first kappa shape index (κ1) is 17.3. The molecule has 0 atom stereocenters. The number of aryl methyl sites for hydroxylation is 1. The number of hydrogen-bond donors (Lipinski definition) is 1. The summed E-state index contributed by atoms with van der Waals surface area (Å²) in [5, 5.41) is 2.93. The van der Waals surface area contributed by atoms with Crippen LogP contribution in [0.4, 0.5) is 11.5 Å².